The average Bonchev–Trinajstić information content (AvgIpc) is 3.03. The molecule has 0 amide bonds. The van der Waals surface area contributed by atoms with E-state index in [2.05, 4.69) is 36.2 Å². The number of hydrogen-bond donors (Lipinski definition) is 1. The van der Waals surface area contributed by atoms with Gasteiger partial charge >= 0.3 is 0 Å². The first-order valence-corrected chi connectivity index (χ1v) is 6.23. The molecule has 2 unspecified atom stereocenters. The minimum Gasteiger partial charge on any atom is -0.326 e. The summed E-state index contributed by atoms with van der Waals surface area (Å²) in [5, 5.41) is 0. The van der Waals surface area contributed by atoms with Crippen LogP contribution in [0.3, 0.4) is 0 Å². The molecule has 2 N–H and O–H groups in total. The predicted molar refractivity (Wildman–Crippen MR) is 66.2 cm³/mol. The Hall–Kier alpha value is -0.860. The second-order valence-corrected chi connectivity index (χ2v) is 5.43. The van der Waals surface area contributed by atoms with E-state index in [-0.39, 0.29) is 0 Å². The molecule has 0 radical (unpaired) electrons. The molecule has 1 aromatic carbocycles. The van der Waals surface area contributed by atoms with Crippen LogP contribution < -0.4 is 5.73 Å². The van der Waals surface area contributed by atoms with E-state index >= 15 is 0 Å². The zero-order chi connectivity index (χ0) is 11.2. The maximum Gasteiger partial charge on any atom is 0.0181 e. The number of nitrogens with zero attached hydrogens (tertiary/aromatic N) is 1. The second kappa shape index (κ2) is 3.57. The Kier molecular flexibility index (Phi) is 2.30. The van der Waals surface area contributed by atoms with Crippen molar-refractivity contribution in [1.29, 1.82) is 0 Å². The van der Waals surface area contributed by atoms with Gasteiger partial charge in [0.2, 0.25) is 0 Å². The van der Waals surface area contributed by atoms with Gasteiger partial charge in [-0.1, -0.05) is 24.3 Å². The maximum atomic E-state index is 5.85. The highest BCUT2D eigenvalue weighted by Crippen LogP contribution is 2.59. The van der Waals surface area contributed by atoms with E-state index in [1.807, 2.05) is 0 Å². The fourth-order valence-corrected chi connectivity index (χ4v) is 3.43. The molecule has 1 aliphatic carbocycles. The van der Waals surface area contributed by atoms with Crippen LogP contribution >= 0.6 is 0 Å². The van der Waals surface area contributed by atoms with Crippen LogP contribution in [0.15, 0.2) is 24.3 Å². The van der Waals surface area contributed by atoms with Crippen molar-refractivity contribution in [3.05, 3.63) is 35.4 Å². The second-order valence-electron chi connectivity index (χ2n) is 5.43. The van der Waals surface area contributed by atoms with E-state index in [0.717, 1.165) is 5.92 Å². The summed E-state index contributed by atoms with van der Waals surface area (Å²) in [6.45, 7) is 3.18. The summed E-state index contributed by atoms with van der Waals surface area (Å²) in [5.74, 6) is 0.874. The topological polar surface area (TPSA) is 29.3 Å². The van der Waals surface area contributed by atoms with Gasteiger partial charge in [-0.05, 0) is 43.5 Å². The lowest BCUT2D eigenvalue weighted by Crippen LogP contribution is -2.34. The molecule has 86 valence electrons. The van der Waals surface area contributed by atoms with Crippen molar-refractivity contribution in [3.63, 3.8) is 0 Å². The largest absolute Gasteiger partial charge is 0.326 e. The molecule has 0 bridgehead atoms. The zero-order valence-electron chi connectivity index (χ0n) is 9.95. The van der Waals surface area contributed by atoms with Crippen molar-refractivity contribution in [3.8, 4) is 0 Å². The highest BCUT2D eigenvalue weighted by Gasteiger charge is 2.57. The Bertz CT molecular complexity index is 401. The first kappa shape index (κ1) is 10.3. The Labute approximate surface area is 97.4 Å². The minimum atomic E-state index is 0.489. The summed E-state index contributed by atoms with van der Waals surface area (Å²) < 4.78 is 0. The molecule has 2 heteroatoms. The van der Waals surface area contributed by atoms with Gasteiger partial charge < -0.3 is 10.6 Å². The van der Waals surface area contributed by atoms with E-state index < -0.39 is 0 Å². The lowest BCUT2D eigenvalue weighted by atomic mass is 9.84. The van der Waals surface area contributed by atoms with Crippen molar-refractivity contribution in [2.75, 3.05) is 20.1 Å². The Balaban J connectivity index is 1.94. The number of hydrogen-bond acceptors (Lipinski definition) is 2. The summed E-state index contributed by atoms with van der Waals surface area (Å²) in [6, 6.07) is 8.76. The number of rotatable bonds is 2. The third kappa shape index (κ3) is 1.40. The molecule has 0 aromatic heterocycles. The molecule has 2 nitrogen and oxygen atoms in total. The minimum absolute atomic E-state index is 0.489. The van der Waals surface area contributed by atoms with Crippen molar-refractivity contribution in [1.82, 2.24) is 4.90 Å². The van der Waals surface area contributed by atoms with E-state index in [4.69, 9.17) is 5.73 Å². The van der Waals surface area contributed by atoms with Crippen molar-refractivity contribution in [2.24, 2.45) is 11.7 Å². The van der Waals surface area contributed by atoms with Gasteiger partial charge in [0.05, 0.1) is 0 Å². The van der Waals surface area contributed by atoms with Crippen LogP contribution in [-0.4, -0.2) is 25.0 Å². The molecule has 1 heterocycles. The van der Waals surface area contributed by atoms with Gasteiger partial charge in [-0.25, -0.2) is 0 Å². The molecular formula is C14H20N2. The smallest absolute Gasteiger partial charge is 0.0181 e. The number of piperidine rings is 1. The Morgan fingerprint density at radius 3 is 3.00 bits per heavy atom. The Morgan fingerprint density at radius 1 is 1.44 bits per heavy atom. The van der Waals surface area contributed by atoms with Crippen LogP contribution in [0, 0.1) is 5.92 Å². The SMILES string of the molecule is CN1CCC2(c3ccccc3CN)CC2C1. The third-order valence-electron chi connectivity index (χ3n) is 4.48. The van der Waals surface area contributed by atoms with Gasteiger partial charge in [0.25, 0.3) is 0 Å². The van der Waals surface area contributed by atoms with Gasteiger partial charge in [-0.2, -0.15) is 0 Å². The van der Waals surface area contributed by atoms with Crippen LogP contribution in [0.4, 0.5) is 0 Å². The first-order chi connectivity index (χ1) is 7.76. The molecule has 2 fully saturated rings. The van der Waals surface area contributed by atoms with Gasteiger partial charge in [0, 0.05) is 18.5 Å². The van der Waals surface area contributed by atoms with Crippen LogP contribution in [0.25, 0.3) is 0 Å². The molecule has 2 atom stereocenters. The van der Waals surface area contributed by atoms with Crippen LogP contribution in [0.1, 0.15) is 24.0 Å². The molecule has 3 rings (SSSR count). The predicted octanol–water partition coefficient (Wildman–Crippen LogP) is 1.74. The fourth-order valence-electron chi connectivity index (χ4n) is 3.43. The van der Waals surface area contributed by atoms with Crippen molar-refractivity contribution < 1.29 is 0 Å². The van der Waals surface area contributed by atoms with Gasteiger partial charge in [-0.3, -0.25) is 0 Å². The third-order valence-corrected chi connectivity index (χ3v) is 4.48. The number of likely N-dealkylation sites (tertiary alicyclic amines) is 1. The normalized spacial score (nSPS) is 33.5. The molecule has 1 saturated heterocycles. The number of fused-ring (bicyclic) bond motifs is 1. The van der Waals surface area contributed by atoms with Crippen molar-refractivity contribution >= 4 is 0 Å². The first-order valence-electron chi connectivity index (χ1n) is 6.23. The highest BCUT2D eigenvalue weighted by atomic mass is 15.1. The van der Waals surface area contributed by atoms with E-state index in [9.17, 15) is 0 Å². The summed E-state index contributed by atoms with van der Waals surface area (Å²) >= 11 is 0. The van der Waals surface area contributed by atoms with Crippen molar-refractivity contribution in [2.45, 2.75) is 24.8 Å². The maximum absolute atomic E-state index is 5.85. The standard InChI is InChI=1S/C14H20N2/c1-16-7-6-14(8-12(14)10-16)13-5-3-2-4-11(13)9-15/h2-5,12H,6-10,15H2,1H3. The van der Waals surface area contributed by atoms with Crippen LogP contribution in [-0.2, 0) is 12.0 Å². The molecule has 16 heavy (non-hydrogen) atoms. The number of benzene rings is 1. The molecule has 1 saturated carbocycles. The van der Waals surface area contributed by atoms with Gasteiger partial charge in [0.15, 0.2) is 0 Å². The van der Waals surface area contributed by atoms with E-state index in [1.165, 1.54) is 37.1 Å². The summed E-state index contributed by atoms with van der Waals surface area (Å²) in [7, 11) is 2.23. The summed E-state index contributed by atoms with van der Waals surface area (Å²) in [5.41, 5.74) is 9.23. The lowest BCUT2D eigenvalue weighted by Gasteiger charge is -2.30. The summed E-state index contributed by atoms with van der Waals surface area (Å²) in [6.07, 6.45) is 2.68. The van der Waals surface area contributed by atoms with Gasteiger partial charge in [-0.15, -0.1) is 0 Å². The highest BCUT2D eigenvalue weighted by molar-refractivity contribution is 5.41. The lowest BCUT2D eigenvalue weighted by molar-refractivity contribution is 0.248. The molecule has 1 aliphatic heterocycles. The van der Waals surface area contributed by atoms with Crippen LogP contribution in [0.2, 0.25) is 0 Å². The Morgan fingerprint density at radius 2 is 2.25 bits per heavy atom. The summed E-state index contributed by atoms with van der Waals surface area (Å²) in [4.78, 5) is 2.46. The van der Waals surface area contributed by atoms with Gasteiger partial charge in [0.1, 0.15) is 0 Å². The average molecular weight is 216 g/mol. The number of nitrogens with two attached hydrogens (primary N) is 1. The molecule has 2 aliphatic rings. The van der Waals surface area contributed by atoms with Crippen LogP contribution in [0.5, 0.6) is 0 Å². The molecule has 1 aromatic rings. The molecule has 0 spiro atoms. The van der Waals surface area contributed by atoms with E-state index in [0.29, 0.717) is 12.0 Å². The monoisotopic (exact) mass is 216 g/mol. The van der Waals surface area contributed by atoms with E-state index in [1.54, 1.807) is 0 Å². The fraction of sp³-hybridized carbons (Fsp3) is 0.571. The molecular weight excluding hydrogens is 196 g/mol. The quantitative estimate of drug-likeness (QED) is 0.816. The zero-order valence-corrected chi connectivity index (χ0v) is 9.95.